The Morgan fingerprint density at radius 2 is 1.86 bits per heavy atom. The first-order valence-corrected chi connectivity index (χ1v) is 3.97. The normalized spacial score (nSPS) is 11.7. The van der Waals surface area contributed by atoms with Gasteiger partial charge in [0.05, 0.1) is 0 Å². The van der Waals surface area contributed by atoms with Crippen LogP contribution in [0.4, 0.5) is 4.79 Å². The summed E-state index contributed by atoms with van der Waals surface area (Å²) in [5.41, 5.74) is 12.4. The van der Waals surface area contributed by atoms with E-state index in [2.05, 4.69) is 5.32 Å². The van der Waals surface area contributed by atoms with E-state index in [-0.39, 0.29) is 0 Å². The Morgan fingerprint density at radius 1 is 1.29 bits per heavy atom. The van der Waals surface area contributed by atoms with Gasteiger partial charge in [-0.25, -0.2) is 4.79 Å². The Bertz CT molecular complexity index is 337. The number of hydrogen-bond donors (Lipinski definition) is 2. The van der Waals surface area contributed by atoms with Crippen LogP contribution in [-0.2, 0) is 4.79 Å². The van der Waals surface area contributed by atoms with Gasteiger partial charge < -0.3 is 11.1 Å². The molecular formula is C9H10N3O2. The average Bonchev–Trinajstić information content (AvgIpc) is 2.15. The van der Waals surface area contributed by atoms with Crippen LogP contribution in [0.15, 0.2) is 30.3 Å². The monoisotopic (exact) mass is 192 g/mol. The van der Waals surface area contributed by atoms with Crippen LogP contribution in [-0.4, -0.2) is 11.9 Å². The lowest BCUT2D eigenvalue weighted by atomic mass is 10.1. The summed E-state index contributed by atoms with van der Waals surface area (Å²) in [6.45, 7) is 0. The molecule has 0 saturated carbocycles. The molecular weight excluding hydrogens is 182 g/mol. The second-order valence-corrected chi connectivity index (χ2v) is 2.72. The molecule has 0 aromatic heterocycles. The number of carbonyl (C=O) groups excluding carboxylic acids is 2. The van der Waals surface area contributed by atoms with Crippen molar-refractivity contribution >= 4 is 11.9 Å². The Morgan fingerprint density at radius 3 is 2.29 bits per heavy atom. The molecule has 73 valence electrons. The first-order valence-electron chi connectivity index (χ1n) is 3.97. The SMILES string of the molecule is [NH]C(=O)C(NC(N)=O)c1ccccc1. The van der Waals surface area contributed by atoms with Crippen molar-refractivity contribution in [3.63, 3.8) is 0 Å². The number of rotatable bonds is 3. The molecule has 1 aromatic rings. The fourth-order valence-electron chi connectivity index (χ4n) is 1.09. The predicted octanol–water partition coefficient (Wildman–Crippen LogP) is 0.205. The zero-order chi connectivity index (χ0) is 10.6. The molecule has 0 bridgehead atoms. The highest BCUT2D eigenvalue weighted by Crippen LogP contribution is 2.11. The molecule has 0 aliphatic heterocycles. The molecule has 1 aromatic carbocycles. The van der Waals surface area contributed by atoms with Crippen molar-refractivity contribution < 1.29 is 9.59 Å². The summed E-state index contributed by atoms with van der Waals surface area (Å²) in [6.07, 6.45) is 0. The number of amides is 3. The standard InChI is InChI=1S/C9H10N3O2/c10-8(13)7(12-9(11)14)6-4-2-1-3-5-6/h1-5,7,10H,(H3,11,12,14). The molecule has 14 heavy (non-hydrogen) atoms. The quantitative estimate of drug-likeness (QED) is 0.715. The molecule has 0 heterocycles. The summed E-state index contributed by atoms with van der Waals surface area (Å²) >= 11 is 0. The number of nitrogens with one attached hydrogen (secondary N) is 2. The predicted molar refractivity (Wildman–Crippen MR) is 50.0 cm³/mol. The molecule has 0 aliphatic carbocycles. The highest BCUT2D eigenvalue weighted by Gasteiger charge is 2.18. The molecule has 1 radical (unpaired) electrons. The maximum atomic E-state index is 10.9. The summed E-state index contributed by atoms with van der Waals surface area (Å²) < 4.78 is 0. The first-order chi connectivity index (χ1) is 6.61. The molecule has 4 N–H and O–H groups in total. The van der Waals surface area contributed by atoms with Crippen molar-refractivity contribution in [1.29, 1.82) is 0 Å². The van der Waals surface area contributed by atoms with Crippen molar-refractivity contribution in [2.45, 2.75) is 6.04 Å². The van der Waals surface area contributed by atoms with E-state index in [9.17, 15) is 9.59 Å². The number of urea groups is 1. The van der Waals surface area contributed by atoms with Crippen molar-refractivity contribution in [2.24, 2.45) is 5.73 Å². The van der Waals surface area contributed by atoms with Crippen molar-refractivity contribution in [2.75, 3.05) is 0 Å². The Hall–Kier alpha value is -2.04. The van der Waals surface area contributed by atoms with Gasteiger partial charge in [0.25, 0.3) is 5.91 Å². The third kappa shape index (κ3) is 2.48. The molecule has 1 atom stereocenters. The van der Waals surface area contributed by atoms with Gasteiger partial charge in [-0.15, -0.1) is 0 Å². The van der Waals surface area contributed by atoms with E-state index in [1.165, 1.54) is 0 Å². The molecule has 0 saturated heterocycles. The molecule has 0 aliphatic rings. The van der Waals surface area contributed by atoms with Crippen molar-refractivity contribution in [1.82, 2.24) is 11.1 Å². The summed E-state index contributed by atoms with van der Waals surface area (Å²) in [5.74, 6) is -0.894. The molecule has 5 nitrogen and oxygen atoms in total. The van der Waals surface area contributed by atoms with Crippen LogP contribution in [0.25, 0.3) is 0 Å². The van der Waals surface area contributed by atoms with Crippen LogP contribution in [0.1, 0.15) is 11.6 Å². The topological polar surface area (TPSA) is 96.0 Å². The van der Waals surface area contributed by atoms with Gasteiger partial charge in [-0.3, -0.25) is 10.5 Å². The lowest BCUT2D eigenvalue weighted by molar-refractivity contribution is -0.120. The molecule has 5 heteroatoms. The highest BCUT2D eigenvalue weighted by molar-refractivity contribution is 5.85. The van der Waals surface area contributed by atoms with E-state index in [0.717, 1.165) is 0 Å². The maximum absolute atomic E-state index is 10.9. The number of carbonyl (C=O) groups is 2. The minimum atomic E-state index is -0.978. The van der Waals surface area contributed by atoms with E-state index in [1.807, 2.05) is 0 Å². The van der Waals surface area contributed by atoms with Crippen molar-refractivity contribution in [3.8, 4) is 0 Å². The highest BCUT2D eigenvalue weighted by atomic mass is 16.2. The second-order valence-electron chi connectivity index (χ2n) is 2.72. The fraction of sp³-hybridized carbons (Fsp3) is 0.111. The average molecular weight is 192 g/mol. The van der Waals surface area contributed by atoms with Crippen LogP contribution >= 0.6 is 0 Å². The number of hydrogen-bond acceptors (Lipinski definition) is 2. The number of nitrogens with two attached hydrogens (primary N) is 1. The molecule has 1 unspecified atom stereocenters. The van der Waals surface area contributed by atoms with Gasteiger partial charge in [-0.05, 0) is 5.56 Å². The smallest absolute Gasteiger partial charge is 0.313 e. The van der Waals surface area contributed by atoms with E-state index >= 15 is 0 Å². The van der Waals surface area contributed by atoms with Gasteiger partial charge in [0.2, 0.25) is 0 Å². The third-order valence-electron chi connectivity index (χ3n) is 1.68. The van der Waals surface area contributed by atoms with Crippen LogP contribution in [0.5, 0.6) is 0 Å². The Labute approximate surface area is 81.1 Å². The lowest BCUT2D eigenvalue weighted by Crippen LogP contribution is -2.37. The first kappa shape index (κ1) is 10.0. The van der Waals surface area contributed by atoms with Crippen LogP contribution in [0, 0.1) is 0 Å². The fourth-order valence-corrected chi connectivity index (χ4v) is 1.09. The van der Waals surface area contributed by atoms with Gasteiger partial charge in [0, 0.05) is 0 Å². The van der Waals surface area contributed by atoms with Gasteiger partial charge in [0.1, 0.15) is 6.04 Å². The Balaban J connectivity index is 2.89. The van der Waals surface area contributed by atoms with Crippen LogP contribution in [0.3, 0.4) is 0 Å². The van der Waals surface area contributed by atoms with E-state index in [0.29, 0.717) is 5.56 Å². The van der Waals surface area contributed by atoms with Gasteiger partial charge in [-0.1, -0.05) is 30.3 Å². The molecule has 0 spiro atoms. The number of benzene rings is 1. The van der Waals surface area contributed by atoms with E-state index in [1.54, 1.807) is 30.3 Å². The minimum absolute atomic E-state index is 0.548. The van der Waals surface area contributed by atoms with Gasteiger partial charge in [-0.2, -0.15) is 0 Å². The van der Waals surface area contributed by atoms with Gasteiger partial charge in [0.15, 0.2) is 0 Å². The van der Waals surface area contributed by atoms with Crippen molar-refractivity contribution in [3.05, 3.63) is 35.9 Å². The largest absolute Gasteiger partial charge is 0.352 e. The zero-order valence-corrected chi connectivity index (χ0v) is 7.36. The zero-order valence-electron chi connectivity index (χ0n) is 7.36. The number of primary amides is 1. The molecule has 3 amide bonds. The van der Waals surface area contributed by atoms with Crippen LogP contribution in [0.2, 0.25) is 0 Å². The van der Waals surface area contributed by atoms with Gasteiger partial charge >= 0.3 is 6.03 Å². The second kappa shape index (κ2) is 4.27. The summed E-state index contributed by atoms with van der Waals surface area (Å²) in [6, 6.07) is 6.70. The van der Waals surface area contributed by atoms with E-state index in [4.69, 9.17) is 11.5 Å². The summed E-state index contributed by atoms with van der Waals surface area (Å²) in [7, 11) is 0. The Kier molecular flexibility index (Phi) is 3.06. The minimum Gasteiger partial charge on any atom is -0.352 e. The third-order valence-corrected chi connectivity index (χ3v) is 1.68. The summed E-state index contributed by atoms with van der Waals surface area (Å²) in [4.78, 5) is 21.4. The molecule has 0 fully saturated rings. The van der Waals surface area contributed by atoms with Crippen LogP contribution < -0.4 is 16.8 Å². The maximum Gasteiger partial charge on any atom is 0.313 e. The van der Waals surface area contributed by atoms with E-state index < -0.39 is 18.0 Å². The molecule has 1 rings (SSSR count). The lowest BCUT2D eigenvalue weighted by Gasteiger charge is -2.12. The summed E-state index contributed by atoms with van der Waals surface area (Å²) in [5, 5.41) is 2.20.